The van der Waals surface area contributed by atoms with Crippen LogP contribution in [0.4, 0.5) is 17.1 Å². The van der Waals surface area contributed by atoms with Gasteiger partial charge in [0.15, 0.2) is 0 Å². The Hall–Kier alpha value is -7.88. The van der Waals surface area contributed by atoms with Crippen LogP contribution in [0.3, 0.4) is 0 Å². The van der Waals surface area contributed by atoms with Crippen molar-refractivity contribution in [3.63, 3.8) is 0 Å². The largest absolute Gasteiger partial charge is 0.456 e. The van der Waals surface area contributed by atoms with Crippen molar-refractivity contribution in [1.82, 2.24) is 4.57 Å². The molecule has 276 valence electrons. The van der Waals surface area contributed by atoms with Crippen molar-refractivity contribution >= 4 is 82.4 Å². The topological polar surface area (TPSA) is 21.3 Å². The van der Waals surface area contributed by atoms with Gasteiger partial charge in [-0.15, -0.1) is 0 Å². The van der Waals surface area contributed by atoms with E-state index in [1.807, 2.05) is 12.1 Å². The molecule has 0 radical (unpaired) electrons. The first-order valence-corrected chi connectivity index (χ1v) is 20.2. The molecule has 3 nitrogen and oxygen atoms in total. The fourth-order valence-corrected chi connectivity index (χ4v) is 9.20. The Morgan fingerprint density at radius 2 is 0.864 bits per heavy atom. The summed E-state index contributed by atoms with van der Waals surface area (Å²) in [6, 6.07) is 78.7. The van der Waals surface area contributed by atoms with Crippen molar-refractivity contribution in [3.05, 3.63) is 218 Å². The third kappa shape index (κ3) is 5.44. The molecule has 3 heteroatoms. The maximum Gasteiger partial charge on any atom is 0.136 e. The molecule has 2 aromatic heterocycles. The maximum absolute atomic E-state index is 6.24. The zero-order chi connectivity index (χ0) is 38.9. The number of fused-ring (bicyclic) bond motifs is 9. The van der Waals surface area contributed by atoms with E-state index in [4.69, 9.17) is 4.42 Å². The third-order valence-electron chi connectivity index (χ3n) is 12.0. The van der Waals surface area contributed by atoms with Crippen LogP contribution in [-0.2, 0) is 0 Å². The first-order valence-electron chi connectivity index (χ1n) is 20.2. The van der Waals surface area contributed by atoms with E-state index in [0.717, 1.165) is 55.8 Å². The van der Waals surface area contributed by atoms with Gasteiger partial charge in [-0.25, -0.2) is 0 Å². The lowest BCUT2D eigenvalue weighted by Crippen LogP contribution is -2.09. The van der Waals surface area contributed by atoms with Gasteiger partial charge < -0.3 is 13.9 Å². The number of rotatable bonds is 6. The van der Waals surface area contributed by atoms with E-state index in [1.54, 1.807) is 0 Å². The molecule has 0 fully saturated rings. The van der Waals surface area contributed by atoms with E-state index in [0.29, 0.717) is 0 Å². The number of furan rings is 1. The Balaban J connectivity index is 0.934. The fraction of sp³-hybridized carbons (Fsp3) is 0. The van der Waals surface area contributed by atoms with Crippen molar-refractivity contribution in [2.75, 3.05) is 4.90 Å². The molecule has 10 aromatic carbocycles. The van der Waals surface area contributed by atoms with E-state index in [-0.39, 0.29) is 0 Å². The molecule has 0 aliphatic carbocycles. The predicted octanol–water partition coefficient (Wildman–Crippen LogP) is 15.8. The quantitative estimate of drug-likeness (QED) is 0.158. The summed E-state index contributed by atoms with van der Waals surface area (Å²) >= 11 is 0. The van der Waals surface area contributed by atoms with Crippen molar-refractivity contribution in [2.24, 2.45) is 0 Å². The van der Waals surface area contributed by atoms with Crippen molar-refractivity contribution < 1.29 is 4.42 Å². The van der Waals surface area contributed by atoms with Crippen LogP contribution in [-0.4, -0.2) is 4.57 Å². The number of aromatic nitrogens is 1. The van der Waals surface area contributed by atoms with Gasteiger partial charge in [-0.3, -0.25) is 0 Å². The Morgan fingerprint density at radius 1 is 0.339 bits per heavy atom. The summed E-state index contributed by atoms with van der Waals surface area (Å²) in [5.74, 6) is 0. The molecular formula is C56H36N2O. The molecule has 0 saturated heterocycles. The Morgan fingerprint density at radius 3 is 1.58 bits per heavy atom. The molecule has 0 unspecified atom stereocenters. The molecule has 0 aliphatic heterocycles. The number of benzene rings is 10. The molecule has 12 aromatic rings. The van der Waals surface area contributed by atoms with Gasteiger partial charge >= 0.3 is 0 Å². The SMILES string of the molecule is c1ccc2c(c1)ccc1cc(N(c3ccc(-c4ccc(-n5c6ccccc6c6ccccc65)cc4)cc3)c3ccc(-c4cccc5oc6ccccc6c45)cc3)ccc12. The molecule has 59 heavy (non-hydrogen) atoms. The zero-order valence-corrected chi connectivity index (χ0v) is 32.1. The standard InChI is InChI=1S/C56H36N2O/c1-2-11-46-39(10-1)20-21-41-36-45(34-35-47(41)46)57(43-32-26-40(27-33-43)48-15-9-19-55-56(48)51-14-5-8-18-54(51)59-55)42-28-22-37(23-29-42)38-24-30-44(31-25-38)58-52-16-6-3-12-49(52)50-13-4-7-17-53(50)58/h1-36H. The second kappa shape index (κ2) is 13.4. The fourth-order valence-electron chi connectivity index (χ4n) is 9.20. The minimum Gasteiger partial charge on any atom is -0.456 e. The third-order valence-corrected chi connectivity index (χ3v) is 12.0. The summed E-state index contributed by atoms with van der Waals surface area (Å²) < 4.78 is 8.61. The summed E-state index contributed by atoms with van der Waals surface area (Å²) in [7, 11) is 0. The van der Waals surface area contributed by atoms with Crippen LogP contribution in [0.5, 0.6) is 0 Å². The minimum absolute atomic E-state index is 0.902. The van der Waals surface area contributed by atoms with Crippen LogP contribution in [0.2, 0.25) is 0 Å². The van der Waals surface area contributed by atoms with E-state index >= 15 is 0 Å². The Bertz CT molecular complexity index is 3480. The lowest BCUT2D eigenvalue weighted by atomic mass is 9.98. The summed E-state index contributed by atoms with van der Waals surface area (Å²) in [6.45, 7) is 0. The zero-order valence-electron chi connectivity index (χ0n) is 32.1. The van der Waals surface area contributed by atoms with Crippen molar-refractivity contribution in [3.8, 4) is 27.9 Å². The highest BCUT2D eigenvalue weighted by atomic mass is 16.3. The summed E-state index contributed by atoms with van der Waals surface area (Å²) in [4.78, 5) is 2.36. The molecule has 0 N–H and O–H groups in total. The lowest BCUT2D eigenvalue weighted by Gasteiger charge is -2.26. The van der Waals surface area contributed by atoms with E-state index in [9.17, 15) is 0 Å². The second-order valence-electron chi connectivity index (χ2n) is 15.3. The van der Waals surface area contributed by atoms with Crippen LogP contribution in [0.25, 0.3) is 93.2 Å². The lowest BCUT2D eigenvalue weighted by molar-refractivity contribution is 0.669. The first kappa shape index (κ1) is 33.3. The van der Waals surface area contributed by atoms with Crippen LogP contribution in [0, 0.1) is 0 Å². The van der Waals surface area contributed by atoms with E-state index in [2.05, 4.69) is 216 Å². The molecular weight excluding hydrogens is 717 g/mol. The van der Waals surface area contributed by atoms with Gasteiger partial charge in [0.05, 0.1) is 11.0 Å². The van der Waals surface area contributed by atoms with E-state index in [1.165, 1.54) is 54.5 Å². The number of hydrogen-bond donors (Lipinski definition) is 0. The van der Waals surface area contributed by atoms with Gasteiger partial charge in [-0.2, -0.15) is 0 Å². The number of nitrogens with zero attached hydrogens (tertiary/aromatic N) is 2. The average molecular weight is 753 g/mol. The molecule has 0 atom stereocenters. The number of anilines is 3. The Labute approximate surface area is 341 Å². The van der Waals surface area contributed by atoms with Crippen LogP contribution in [0.1, 0.15) is 0 Å². The molecule has 12 rings (SSSR count). The molecule has 0 bridgehead atoms. The Kier molecular flexibility index (Phi) is 7.54. The smallest absolute Gasteiger partial charge is 0.136 e. The highest BCUT2D eigenvalue weighted by molar-refractivity contribution is 6.13. The maximum atomic E-state index is 6.24. The van der Waals surface area contributed by atoms with Crippen LogP contribution < -0.4 is 4.90 Å². The predicted molar refractivity (Wildman–Crippen MR) is 249 cm³/mol. The summed E-state index contributed by atoms with van der Waals surface area (Å²) in [6.07, 6.45) is 0. The van der Waals surface area contributed by atoms with Crippen LogP contribution in [0.15, 0.2) is 223 Å². The van der Waals surface area contributed by atoms with E-state index < -0.39 is 0 Å². The van der Waals surface area contributed by atoms with Crippen molar-refractivity contribution in [2.45, 2.75) is 0 Å². The average Bonchev–Trinajstić information content (AvgIpc) is 3.86. The minimum atomic E-state index is 0.902. The first-order chi connectivity index (χ1) is 29.2. The summed E-state index contributed by atoms with van der Waals surface area (Å²) in [5.41, 5.74) is 13.3. The van der Waals surface area contributed by atoms with Gasteiger partial charge in [0.1, 0.15) is 11.2 Å². The van der Waals surface area contributed by atoms with Gasteiger partial charge in [0, 0.05) is 44.3 Å². The van der Waals surface area contributed by atoms with Gasteiger partial charge in [-0.05, 0) is 117 Å². The molecule has 0 aliphatic rings. The van der Waals surface area contributed by atoms with Crippen molar-refractivity contribution in [1.29, 1.82) is 0 Å². The van der Waals surface area contributed by atoms with Gasteiger partial charge in [-0.1, -0.05) is 146 Å². The van der Waals surface area contributed by atoms with Crippen LogP contribution >= 0.6 is 0 Å². The number of hydrogen-bond acceptors (Lipinski definition) is 2. The summed E-state index contributed by atoms with van der Waals surface area (Å²) in [5, 5.41) is 9.79. The number of para-hydroxylation sites is 3. The molecule has 0 spiro atoms. The van der Waals surface area contributed by atoms with Gasteiger partial charge in [0.25, 0.3) is 0 Å². The normalized spacial score (nSPS) is 11.7. The molecule has 0 saturated carbocycles. The highest BCUT2D eigenvalue weighted by Gasteiger charge is 2.17. The molecule has 2 heterocycles. The second-order valence-corrected chi connectivity index (χ2v) is 15.3. The van der Waals surface area contributed by atoms with Gasteiger partial charge in [0.2, 0.25) is 0 Å². The molecule has 0 amide bonds. The monoisotopic (exact) mass is 752 g/mol. The highest BCUT2D eigenvalue weighted by Crippen LogP contribution is 2.41.